The van der Waals surface area contributed by atoms with E-state index in [1.807, 2.05) is 0 Å². The van der Waals surface area contributed by atoms with Gasteiger partial charge in [-0.25, -0.2) is 0 Å². The highest BCUT2D eigenvalue weighted by Crippen LogP contribution is 1.70. The Labute approximate surface area is 48.9 Å². The van der Waals surface area contributed by atoms with E-state index in [1.165, 1.54) is 0 Å². The molecule has 0 aliphatic rings. The summed E-state index contributed by atoms with van der Waals surface area (Å²) in [4.78, 5) is 0. The Morgan fingerprint density at radius 3 is 2.75 bits per heavy atom. The fourth-order valence-corrected chi connectivity index (χ4v) is 0.347. The van der Waals surface area contributed by atoms with E-state index < -0.39 is 0 Å². The Hall–Kier alpha value is -0.770. The maximum absolute atomic E-state index is 5.30. The highest BCUT2D eigenvalue weighted by Gasteiger charge is 1.84. The van der Waals surface area contributed by atoms with Gasteiger partial charge in [0.1, 0.15) is 5.84 Å². The summed E-state index contributed by atoms with van der Waals surface area (Å²) >= 11 is 0. The number of hydrogen-bond acceptors (Lipinski definition) is 3. The van der Waals surface area contributed by atoms with E-state index in [1.54, 1.807) is 7.05 Å². The molecule has 0 saturated carbocycles. The molecule has 0 amide bonds. The normalized spacial score (nSPS) is 11.5. The molecule has 4 heteroatoms. The lowest BCUT2D eigenvalue weighted by Crippen LogP contribution is -2.19. The van der Waals surface area contributed by atoms with Crippen LogP contribution < -0.4 is 16.9 Å². The summed E-state index contributed by atoms with van der Waals surface area (Å²) in [6.45, 7) is 0.553. The Bertz CT molecular complexity index is 78.1. The number of hydrazone groups is 1. The summed E-state index contributed by atoms with van der Waals surface area (Å²) < 4.78 is 0. The summed E-state index contributed by atoms with van der Waals surface area (Å²) in [5.41, 5.74) is 13.0. The van der Waals surface area contributed by atoms with Gasteiger partial charge in [-0.15, -0.1) is 0 Å². The Balaban J connectivity index is 3.29. The predicted molar refractivity (Wildman–Crippen MR) is 34.4 cm³/mol. The lowest BCUT2D eigenvalue weighted by Gasteiger charge is -1.94. The molecule has 0 radical (unpaired) electrons. The van der Waals surface area contributed by atoms with E-state index in [9.17, 15) is 0 Å². The summed E-state index contributed by atoms with van der Waals surface area (Å²) in [5, 5.41) is 3.68. The van der Waals surface area contributed by atoms with Crippen LogP contribution in [0, 0.1) is 0 Å². The molecule has 0 fully saturated rings. The predicted octanol–water partition coefficient (Wildman–Crippen LogP) is -1.17. The minimum Gasteiger partial charge on any atom is -0.386 e. The number of nitrogens with zero attached hydrogens (tertiary/aromatic N) is 1. The maximum atomic E-state index is 5.30. The van der Waals surface area contributed by atoms with E-state index in [0.29, 0.717) is 18.8 Å². The molecule has 0 saturated heterocycles. The third-order valence-corrected chi connectivity index (χ3v) is 0.656. The van der Waals surface area contributed by atoms with Crippen LogP contribution in [0.1, 0.15) is 6.42 Å². The second kappa shape index (κ2) is 4.39. The van der Waals surface area contributed by atoms with E-state index in [2.05, 4.69) is 10.5 Å². The lowest BCUT2D eigenvalue weighted by molar-refractivity contribution is 0.878. The molecule has 0 aliphatic carbocycles. The first-order valence-electron chi connectivity index (χ1n) is 2.50. The molecule has 8 heavy (non-hydrogen) atoms. The van der Waals surface area contributed by atoms with Crippen molar-refractivity contribution < 1.29 is 0 Å². The van der Waals surface area contributed by atoms with Gasteiger partial charge in [0.15, 0.2) is 0 Å². The van der Waals surface area contributed by atoms with Gasteiger partial charge in [0.05, 0.1) is 0 Å². The summed E-state index contributed by atoms with van der Waals surface area (Å²) in [6, 6.07) is 0. The molecular weight excluding hydrogens is 104 g/mol. The van der Waals surface area contributed by atoms with Crippen molar-refractivity contribution in [2.45, 2.75) is 6.42 Å². The largest absolute Gasteiger partial charge is 0.386 e. The highest BCUT2D eigenvalue weighted by atomic mass is 15.3. The van der Waals surface area contributed by atoms with Gasteiger partial charge in [0, 0.05) is 13.5 Å². The third kappa shape index (κ3) is 3.42. The second-order valence-electron chi connectivity index (χ2n) is 1.37. The van der Waals surface area contributed by atoms with Crippen molar-refractivity contribution in [1.29, 1.82) is 0 Å². The van der Waals surface area contributed by atoms with Gasteiger partial charge in [0.25, 0.3) is 0 Å². The molecule has 0 aromatic heterocycles. The number of hydrogen-bond donors (Lipinski definition) is 3. The fourth-order valence-electron chi connectivity index (χ4n) is 0.347. The molecule has 0 aromatic rings. The topological polar surface area (TPSA) is 76.4 Å². The first-order chi connectivity index (χ1) is 3.81. The minimum atomic E-state index is 0.551. The van der Waals surface area contributed by atoms with Crippen LogP contribution in [-0.2, 0) is 0 Å². The van der Waals surface area contributed by atoms with Crippen molar-refractivity contribution in [3.63, 3.8) is 0 Å². The van der Waals surface area contributed by atoms with Crippen LogP contribution in [0.5, 0.6) is 0 Å². The summed E-state index contributed by atoms with van der Waals surface area (Å²) in [5.74, 6) is 0.551. The third-order valence-electron chi connectivity index (χ3n) is 0.656. The van der Waals surface area contributed by atoms with Crippen molar-refractivity contribution >= 4 is 5.84 Å². The molecule has 48 valence electrons. The van der Waals surface area contributed by atoms with Gasteiger partial charge >= 0.3 is 0 Å². The van der Waals surface area contributed by atoms with E-state index in [0.717, 1.165) is 0 Å². The first-order valence-corrected chi connectivity index (χ1v) is 2.50. The van der Waals surface area contributed by atoms with Crippen LogP contribution in [0.25, 0.3) is 0 Å². The standard InChI is InChI=1S/C4H12N4/c1-7-8-4(6)2-3-5/h7H,2-3,5H2,1H3,(H2,6,8). The van der Waals surface area contributed by atoms with Gasteiger partial charge in [-0.3, -0.25) is 0 Å². The zero-order valence-corrected chi connectivity index (χ0v) is 5.02. The van der Waals surface area contributed by atoms with E-state index in [-0.39, 0.29) is 0 Å². The average Bonchev–Trinajstić information content (AvgIpc) is 1.68. The molecule has 0 bridgehead atoms. The van der Waals surface area contributed by atoms with Crippen LogP contribution in [-0.4, -0.2) is 19.4 Å². The molecule has 0 heterocycles. The fraction of sp³-hybridized carbons (Fsp3) is 0.750. The van der Waals surface area contributed by atoms with Gasteiger partial charge in [-0.1, -0.05) is 0 Å². The van der Waals surface area contributed by atoms with Crippen molar-refractivity contribution in [3.8, 4) is 0 Å². The van der Waals surface area contributed by atoms with Crippen molar-refractivity contribution in [1.82, 2.24) is 5.43 Å². The quantitative estimate of drug-likeness (QED) is 0.247. The smallest absolute Gasteiger partial charge is 0.120 e. The maximum Gasteiger partial charge on any atom is 0.120 e. The first kappa shape index (κ1) is 7.23. The van der Waals surface area contributed by atoms with Crippen LogP contribution in [0.2, 0.25) is 0 Å². The highest BCUT2D eigenvalue weighted by molar-refractivity contribution is 5.80. The SMILES string of the molecule is CNN=C(N)CCN. The minimum absolute atomic E-state index is 0.551. The van der Waals surface area contributed by atoms with E-state index in [4.69, 9.17) is 11.5 Å². The molecule has 0 rings (SSSR count). The van der Waals surface area contributed by atoms with Crippen LogP contribution in [0.15, 0.2) is 5.10 Å². The monoisotopic (exact) mass is 116 g/mol. The number of nitrogens with two attached hydrogens (primary N) is 2. The molecule has 5 N–H and O–H groups in total. The van der Waals surface area contributed by atoms with Crippen LogP contribution >= 0.6 is 0 Å². The van der Waals surface area contributed by atoms with Crippen molar-refractivity contribution in [2.75, 3.05) is 13.6 Å². The lowest BCUT2D eigenvalue weighted by atomic mass is 10.4. The summed E-state index contributed by atoms with van der Waals surface area (Å²) in [7, 11) is 1.70. The van der Waals surface area contributed by atoms with Gasteiger partial charge in [-0.2, -0.15) is 5.10 Å². The van der Waals surface area contributed by atoms with Crippen molar-refractivity contribution in [3.05, 3.63) is 0 Å². The molecular formula is C4H12N4. The molecule has 0 spiro atoms. The number of amidine groups is 1. The molecule has 0 aromatic carbocycles. The van der Waals surface area contributed by atoms with Crippen LogP contribution in [0.3, 0.4) is 0 Å². The number of rotatable bonds is 3. The van der Waals surface area contributed by atoms with Gasteiger partial charge < -0.3 is 16.9 Å². The Morgan fingerprint density at radius 1 is 1.75 bits per heavy atom. The number of nitrogens with one attached hydrogen (secondary N) is 1. The average molecular weight is 116 g/mol. The molecule has 0 atom stereocenters. The molecule has 0 aliphatic heterocycles. The summed E-state index contributed by atoms with van der Waals surface area (Å²) in [6.07, 6.45) is 0.654. The second-order valence-corrected chi connectivity index (χ2v) is 1.37. The molecule has 0 unspecified atom stereocenters. The Kier molecular flexibility index (Phi) is 3.97. The van der Waals surface area contributed by atoms with Crippen LogP contribution in [0.4, 0.5) is 0 Å². The van der Waals surface area contributed by atoms with Gasteiger partial charge in [0.2, 0.25) is 0 Å². The molecule has 4 nitrogen and oxygen atoms in total. The zero-order valence-electron chi connectivity index (χ0n) is 5.02. The zero-order chi connectivity index (χ0) is 6.41. The van der Waals surface area contributed by atoms with Gasteiger partial charge in [-0.05, 0) is 6.54 Å². The van der Waals surface area contributed by atoms with Crippen molar-refractivity contribution in [2.24, 2.45) is 16.6 Å². The van der Waals surface area contributed by atoms with E-state index >= 15 is 0 Å². The Morgan fingerprint density at radius 2 is 2.38 bits per heavy atom.